The van der Waals surface area contributed by atoms with Gasteiger partial charge in [0.05, 0.1) is 12.2 Å². The fourth-order valence-corrected chi connectivity index (χ4v) is 2.10. The Balaban J connectivity index is 2.63. The zero-order chi connectivity index (χ0) is 10.7. The summed E-state index contributed by atoms with van der Waals surface area (Å²) in [6.45, 7) is 8.67. The molecule has 0 aliphatic carbocycles. The second-order valence-electron chi connectivity index (χ2n) is 4.12. The molecule has 3 unspecified atom stereocenters. The van der Waals surface area contributed by atoms with Crippen LogP contribution >= 0.6 is 0 Å². The van der Waals surface area contributed by atoms with Crippen molar-refractivity contribution in [2.45, 2.75) is 52.6 Å². The Bertz CT molecular complexity index is 168. The first-order valence-corrected chi connectivity index (χ1v) is 5.56. The summed E-state index contributed by atoms with van der Waals surface area (Å²) < 4.78 is 11.3. The zero-order valence-electron chi connectivity index (χ0n) is 9.56. The lowest BCUT2D eigenvalue weighted by Crippen LogP contribution is -2.49. The molecule has 0 aromatic heterocycles. The second-order valence-corrected chi connectivity index (χ2v) is 4.12. The van der Waals surface area contributed by atoms with Crippen LogP contribution in [0.5, 0.6) is 0 Å². The number of hydrogen-bond donors (Lipinski definition) is 1. The van der Waals surface area contributed by atoms with Gasteiger partial charge in [0.15, 0.2) is 6.29 Å². The molecule has 0 amide bonds. The minimum atomic E-state index is -0.315. The number of aliphatic hydroxyl groups is 1. The average Bonchev–Trinajstić information content (AvgIpc) is 2.19. The highest BCUT2D eigenvalue weighted by Gasteiger charge is 2.39. The molecule has 1 fully saturated rings. The maximum absolute atomic E-state index is 9.98. The third-order valence-corrected chi connectivity index (χ3v) is 3.14. The summed E-state index contributed by atoms with van der Waals surface area (Å²) in [5, 5.41) is 9.98. The first-order chi connectivity index (χ1) is 6.61. The summed E-state index contributed by atoms with van der Waals surface area (Å²) in [5.41, 5.74) is 0. The molecule has 1 aliphatic heterocycles. The van der Waals surface area contributed by atoms with E-state index in [-0.39, 0.29) is 30.3 Å². The second kappa shape index (κ2) is 5.10. The van der Waals surface area contributed by atoms with Gasteiger partial charge in [0.25, 0.3) is 0 Å². The van der Waals surface area contributed by atoms with Gasteiger partial charge in [-0.2, -0.15) is 0 Å². The van der Waals surface area contributed by atoms with Gasteiger partial charge in [-0.3, -0.25) is 0 Å². The Hall–Kier alpha value is -0.120. The lowest BCUT2D eigenvalue weighted by molar-refractivity contribution is -0.260. The van der Waals surface area contributed by atoms with E-state index in [0.29, 0.717) is 6.61 Å². The maximum atomic E-state index is 9.98. The predicted molar refractivity (Wildman–Crippen MR) is 54.9 cm³/mol. The fraction of sp³-hybridized carbons (Fsp3) is 1.00. The van der Waals surface area contributed by atoms with E-state index in [2.05, 4.69) is 6.92 Å². The van der Waals surface area contributed by atoms with Crippen LogP contribution in [0.25, 0.3) is 0 Å². The van der Waals surface area contributed by atoms with Crippen molar-refractivity contribution in [3.63, 3.8) is 0 Å². The van der Waals surface area contributed by atoms with Crippen molar-refractivity contribution in [1.82, 2.24) is 0 Å². The fourth-order valence-electron chi connectivity index (χ4n) is 2.10. The van der Waals surface area contributed by atoms with Gasteiger partial charge >= 0.3 is 0 Å². The maximum Gasteiger partial charge on any atom is 0.162 e. The molecule has 0 radical (unpaired) electrons. The molecule has 1 heterocycles. The lowest BCUT2D eigenvalue weighted by Gasteiger charge is -2.42. The van der Waals surface area contributed by atoms with Gasteiger partial charge in [0, 0.05) is 18.4 Å². The quantitative estimate of drug-likeness (QED) is 0.758. The molecule has 3 heteroatoms. The van der Waals surface area contributed by atoms with Crippen molar-refractivity contribution in [1.29, 1.82) is 0 Å². The summed E-state index contributed by atoms with van der Waals surface area (Å²) in [4.78, 5) is 0. The van der Waals surface area contributed by atoms with E-state index >= 15 is 0 Å². The number of rotatable bonds is 3. The third kappa shape index (κ3) is 2.27. The van der Waals surface area contributed by atoms with E-state index in [1.807, 2.05) is 20.8 Å². The Morgan fingerprint density at radius 3 is 2.36 bits per heavy atom. The minimum Gasteiger partial charge on any atom is -0.392 e. The monoisotopic (exact) mass is 202 g/mol. The van der Waals surface area contributed by atoms with Crippen LogP contribution in [0.4, 0.5) is 0 Å². The summed E-state index contributed by atoms with van der Waals surface area (Å²) in [5.74, 6) is 0.263. The Morgan fingerprint density at radius 2 is 1.86 bits per heavy atom. The lowest BCUT2D eigenvalue weighted by atomic mass is 9.85. The van der Waals surface area contributed by atoms with E-state index < -0.39 is 0 Å². The van der Waals surface area contributed by atoms with E-state index in [0.717, 1.165) is 6.42 Å². The summed E-state index contributed by atoms with van der Waals surface area (Å²) >= 11 is 0. The van der Waals surface area contributed by atoms with Crippen LogP contribution < -0.4 is 0 Å². The van der Waals surface area contributed by atoms with Gasteiger partial charge in [-0.1, -0.05) is 20.8 Å². The van der Waals surface area contributed by atoms with Crippen LogP contribution in [0.3, 0.4) is 0 Å². The highest BCUT2D eigenvalue weighted by Crippen LogP contribution is 2.31. The van der Waals surface area contributed by atoms with Crippen molar-refractivity contribution in [2.24, 2.45) is 11.8 Å². The number of ether oxygens (including phenoxy) is 2. The largest absolute Gasteiger partial charge is 0.392 e. The van der Waals surface area contributed by atoms with E-state index in [1.165, 1.54) is 0 Å². The van der Waals surface area contributed by atoms with Crippen molar-refractivity contribution < 1.29 is 14.6 Å². The Labute approximate surface area is 86.4 Å². The molecule has 5 atom stereocenters. The number of hydrogen-bond acceptors (Lipinski definition) is 3. The van der Waals surface area contributed by atoms with Crippen LogP contribution in [-0.2, 0) is 9.47 Å². The molecule has 3 nitrogen and oxygen atoms in total. The van der Waals surface area contributed by atoms with Crippen molar-refractivity contribution in [3.8, 4) is 0 Å². The Kier molecular flexibility index (Phi) is 4.35. The highest BCUT2D eigenvalue weighted by molar-refractivity contribution is 4.84. The van der Waals surface area contributed by atoms with Crippen LogP contribution in [-0.4, -0.2) is 30.2 Å². The van der Waals surface area contributed by atoms with Gasteiger partial charge < -0.3 is 14.6 Å². The van der Waals surface area contributed by atoms with Crippen LogP contribution in [0, 0.1) is 11.8 Å². The molecule has 1 saturated heterocycles. The van der Waals surface area contributed by atoms with Gasteiger partial charge in [-0.15, -0.1) is 0 Å². The summed E-state index contributed by atoms with van der Waals surface area (Å²) in [6, 6.07) is 0. The summed E-state index contributed by atoms with van der Waals surface area (Å²) in [7, 11) is 0. The Morgan fingerprint density at radius 1 is 1.21 bits per heavy atom. The molecule has 1 N–H and O–H groups in total. The first kappa shape index (κ1) is 12.0. The standard InChI is InChI=1S/C11H22O3/c1-5-9-7(3)10(12)8(4)11(14-9)13-6-2/h7-12H,5-6H2,1-4H3/t7-,8?,9?,10?,11+/m0/s1. The van der Waals surface area contributed by atoms with Crippen LogP contribution in [0.15, 0.2) is 0 Å². The molecule has 0 aromatic carbocycles. The topological polar surface area (TPSA) is 38.7 Å². The smallest absolute Gasteiger partial charge is 0.162 e. The van der Waals surface area contributed by atoms with E-state index in [1.54, 1.807) is 0 Å². The van der Waals surface area contributed by atoms with Crippen LogP contribution in [0.1, 0.15) is 34.1 Å². The molecule has 0 spiro atoms. The van der Waals surface area contributed by atoms with E-state index in [9.17, 15) is 5.11 Å². The molecule has 0 aromatic rings. The zero-order valence-corrected chi connectivity index (χ0v) is 9.56. The first-order valence-electron chi connectivity index (χ1n) is 5.56. The molecule has 84 valence electrons. The van der Waals surface area contributed by atoms with Crippen molar-refractivity contribution in [2.75, 3.05) is 6.61 Å². The van der Waals surface area contributed by atoms with Crippen LogP contribution in [0.2, 0.25) is 0 Å². The predicted octanol–water partition coefficient (Wildman–Crippen LogP) is 1.79. The molecule has 14 heavy (non-hydrogen) atoms. The molecule has 0 saturated carbocycles. The molecular weight excluding hydrogens is 180 g/mol. The highest BCUT2D eigenvalue weighted by atomic mass is 16.7. The third-order valence-electron chi connectivity index (χ3n) is 3.14. The van der Waals surface area contributed by atoms with E-state index in [4.69, 9.17) is 9.47 Å². The van der Waals surface area contributed by atoms with Gasteiger partial charge in [-0.25, -0.2) is 0 Å². The molecular formula is C11H22O3. The van der Waals surface area contributed by atoms with Gasteiger partial charge in [-0.05, 0) is 13.3 Å². The minimum absolute atomic E-state index is 0.0627. The normalized spacial score (nSPS) is 43.9. The molecule has 1 rings (SSSR count). The number of aliphatic hydroxyl groups excluding tert-OH is 1. The van der Waals surface area contributed by atoms with Gasteiger partial charge in [0.2, 0.25) is 0 Å². The summed E-state index contributed by atoms with van der Waals surface area (Å²) in [6.07, 6.45) is 0.494. The molecule has 0 bridgehead atoms. The van der Waals surface area contributed by atoms with Crippen molar-refractivity contribution in [3.05, 3.63) is 0 Å². The average molecular weight is 202 g/mol. The van der Waals surface area contributed by atoms with Crippen molar-refractivity contribution >= 4 is 0 Å². The SMILES string of the molecule is CCO[C@@H]1OC(CC)[C@H](C)C(O)C1C. The van der Waals surface area contributed by atoms with Gasteiger partial charge in [0.1, 0.15) is 0 Å². The molecule has 1 aliphatic rings.